The van der Waals surface area contributed by atoms with Crippen LogP contribution < -0.4 is 26.6 Å². The van der Waals surface area contributed by atoms with E-state index in [0.717, 1.165) is 18.6 Å². The Morgan fingerprint density at radius 2 is 1.81 bits per heavy atom. The fraction of sp³-hybridized carbons (Fsp3) is 0.722. The maximum Gasteiger partial charge on any atom is 0.315 e. The molecule has 174 valence electrons. The highest BCUT2D eigenvalue weighted by atomic mass is 35.5. The quantitative estimate of drug-likeness (QED) is 0.114. The predicted molar refractivity (Wildman–Crippen MR) is 115 cm³/mol. The van der Waals surface area contributed by atoms with Crippen molar-refractivity contribution in [1.29, 1.82) is 0 Å². The molecular weight excluding hydrogens is 450 g/mol. The number of alkyl halides is 1. The molecular formula is C18H28ClN5O6S. The van der Waals surface area contributed by atoms with Crippen molar-refractivity contribution in [3.63, 3.8) is 0 Å². The lowest BCUT2D eigenvalue weighted by molar-refractivity contribution is -0.137. The van der Waals surface area contributed by atoms with Crippen molar-refractivity contribution >= 4 is 53.1 Å². The minimum Gasteiger partial charge on any atom is -0.481 e. The van der Waals surface area contributed by atoms with E-state index in [1.165, 1.54) is 0 Å². The summed E-state index contributed by atoms with van der Waals surface area (Å²) in [6.07, 6.45) is 2.40. The van der Waals surface area contributed by atoms with Crippen LogP contribution in [0.4, 0.5) is 4.79 Å². The summed E-state index contributed by atoms with van der Waals surface area (Å²) in [5.41, 5.74) is 0. The number of hydrogen-bond acceptors (Lipinski definition) is 6. The van der Waals surface area contributed by atoms with Crippen LogP contribution in [0.15, 0.2) is 0 Å². The van der Waals surface area contributed by atoms with Gasteiger partial charge in [0.05, 0.1) is 37.6 Å². The number of fused-ring (bicyclic) bond motifs is 1. The third-order valence-electron chi connectivity index (χ3n) is 4.95. The van der Waals surface area contributed by atoms with Gasteiger partial charge in [0.15, 0.2) is 0 Å². The molecule has 0 bridgehead atoms. The molecule has 6 N–H and O–H groups in total. The van der Waals surface area contributed by atoms with E-state index < -0.39 is 23.8 Å². The van der Waals surface area contributed by atoms with E-state index in [2.05, 4.69) is 26.6 Å². The second-order valence-corrected chi connectivity index (χ2v) is 9.02. The Morgan fingerprint density at radius 3 is 2.52 bits per heavy atom. The second-order valence-electron chi connectivity index (χ2n) is 7.44. The summed E-state index contributed by atoms with van der Waals surface area (Å²) in [7, 11) is 0. The van der Waals surface area contributed by atoms with Crippen molar-refractivity contribution in [1.82, 2.24) is 26.6 Å². The van der Waals surface area contributed by atoms with Crippen molar-refractivity contribution in [2.45, 2.75) is 55.5 Å². The standard InChI is InChI=1S/C18H28ClN5O6S/c19-6-10(5-16(28)29)22-15(27)8-21-14(26)7-20-13(25)4-2-1-3-12-17-11(9-31-12)23-18(30)24-17/h10-12,17H,1-9H2,(H,20,25)(H,21,26)(H,22,27)(H,28,29)(H2,23,24,30)/t10-,11-,12-,17-/m1/s1. The van der Waals surface area contributed by atoms with Gasteiger partial charge in [0.1, 0.15) is 0 Å². The third kappa shape index (κ3) is 8.82. The minimum atomic E-state index is -1.09. The van der Waals surface area contributed by atoms with Gasteiger partial charge in [-0.05, 0) is 12.8 Å². The van der Waals surface area contributed by atoms with Gasteiger partial charge >= 0.3 is 12.0 Å². The number of nitrogens with one attached hydrogen (secondary N) is 5. The number of aliphatic carboxylic acids is 1. The molecule has 0 unspecified atom stereocenters. The van der Waals surface area contributed by atoms with Crippen molar-refractivity contribution < 1.29 is 29.1 Å². The van der Waals surface area contributed by atoms with Crippen LogP contribution in [-0.4, -0.2) is 82.9 Å². The minimum absolute atomic E-state index is 0.0613. The Hall–Kier alpha value is -2.21. The Bertz CT molecular complexity index is 696. The normalized spacial score (nSPS) is 22.6. The molecule has 0 aromatic heterocycles. The third-order valence-corrected chi connectivity index (χ3v) is 6.83. The summed E-state index contributed by atoms with van der Waals surface area (Å²) in [5, 5.41) is 22.1. The van der Waals surface area contributed by atoms with E-state index in [1.807, 2.05) is 11.8 Å². The van der Waals surface area contributed by atoms with Crippen LogP contribution in [-0.2, 0) is 19.2 Å². The van der Waals surface area contributed by atoms with Gasteiger partial charge in [-0.2, -0.15) is 11.8 Å². The van der Waals surface area contributed by atoms with Gasteiger partial charge in [0.25, 0.3) is 0 Å². The number of unbranched alkanes of at least 4 members (excludes halogenated alkanes) is 1. The van der Waals surface area contributed by atoms with Crippen molar-refractivity contribution in [2.24, 2.45) is 0 Å². The Labute approximate surface area is 189 Å². The predicted octanol–water partition coefficient (Wildman–Crippen LogP) is -0.857. The molecule has 2 heterocycles. The number of carboxylic acid groups (broad SMARTS) is 1. The lowest BCUT2D eigenvalue weighted by atomic mass is 10.0. The van der Waals surface area contributed by atoms with Gasteiger partial charge in [-0.15, -0.1) is 11.6 Å². The molecule has 0 aliphatic carbocycles. The molecule has 2 rings (SSSR count). The highest BCUT2D eigenvalue weighted by Gasteiger charge is 2.42. The Balaban J connectivity index is 1.52. The molecule has 0 aromatic rings. The molecule has 0 aromatic carbocycles. The smallest absolute Gasteiger partial charge is 0.315 e. The van der Waals surface area contributed by atoms with Crippen LogP contribution in [0.1, 0.15) is 32.1 Å². The Morgan fingerprint density at radius 1 is 1.10 bits per heavy atom. The molecule has 0 spiro atoms. The monoisotopic (exact) mass is 477 g/mol. The Kier molecular flexibility index (Phi) is 10.2. The van der Waals surface area contributed by atoms with E-state index in [1.54, 1.807) is 0 Å². The lowest BCUT2D eigenvalue weighted by Crippen LogP contribution is -2.45. The number of carboxylic acids is 1. The average molecular weight is 478 g/mol. The van der Waals surface area contributed by atoms with Gasteiger partial charge in [0.2, 0.25) is 17.7 Å². The highest BCUT2D eigenvalue weighted by Crippen LogP contribution is 2.33. The molecule has 2 aliphatic rings. The van der Waals surface area contributed by atoms with E-state index in [9.17, 15) is 24.0 Å². The fourth-order valence-electron chi connectivity index (χ4n) is 3.42. The number of carbonyl (C=O) groups is 5. The zero-order chi connectivity index (χ0) is 22.8. The zero-order valence-electron chi connectivity index (χ0n) is 16.9. The van der Waals surface area contributed by atoms with E-state index in [0.29, 0.717) is 11.7 Å². The summed E-state index contributed by atoms with van der Waals surface area (Å²) in [6.45, 7) is -0.589. The first kappa shape index (κ1) is 25.1. The topological polar surface area (TPSA) is 166 Å². The summed E-state index contributed by atoms with van der Waals surface area (Å²) in [6, 6.07) is -0.506. The molecule has 31 heavy (non-hydrogen) atoms. The maximum absolute atomic E-state index is 11.9. The molecule has 11 nitrogen and oxygen atoms in total. The number of carbonyl (C=O) groups excluding carboxylic acids is 4. The lowest BCUT2D eigenvalue weighted by Gasteiger charge is -2.16. The number of amides is 5. The largest absolute Gasteiger partial charge is 0.481 e. The number of hydrogen-bond donors (Lipinski definition) is 6. The number of halogens is 1. The summed E-state index contributed by atoms with van der Waals surface area (Å²) < 4.78 is 0. The van der Waals surface area contributed by atoms with Crippen LogP contribution >= 0.6 is 23.4 Å². The number of rotatable bonds is 13. The molecule has 0 saturated carbocycles. The fourth-order valence-corrected chi connectivity index (χ4v) is 5.15. The van der Waals surface area contributed by atoms with Gasteiger partial charge < -0.3 is 31.7 Å². The van der Waals surface area contributed by atoms with Gasteiger partial charge in [0, 0.05) is 23.3 Å². The van der Waals surface area contributed by atoms with Crippen LogP contribution in [0, 0.1) is 0 Å². The SMILES string of the molecule is O=C(O)C[C@H](CCl)NC(=O)CNC(=O)CNC(=O)CCCC[C@H]1SC[C@H]2NC(=O)N[C@H]21. The zero-order valence-corrected chi connectivity index (χ0v) is 18.5. The summed E-state index contributed by atoms with van der Waals surface area (Å²) in [5.74, 6) is -1.60. The van der Waals surface area contributed by atoms with E-state index in [4.69, 9.17) is 16.7 Å². The molecule has 4 atom stereocenters. The van der Waals surface area contributed by atoms with Crippen molar-refractivity contribution in [2.75, 3.05) is 24.7 Å². The first-order valence-corrected chi connectivity index (χ1v) is 11.7. The first-order valence-electron chi connectivity index (χ1n) is 10.1. The second kappa shape index (κ2) is 12.6. The average Bonchev–Trinajstić information content (AvgIpc) is 3.26. The number of thioether (sulfide) groups is 1. The molecule has 5 amide bonds. The van der Waals surface area contributed by atoms with Crippen LogP contribution in [0.2, 0.25) is 0 Å². The van der Waals surface area contributed by atoms with Gasteiger partial charge in [-0.3, -0.25) is 19.2 Å². The van der Waals surface area contributed by atoms with Crippen molar-refractivity contribution in [3.05, 3.63) is 0 Å². The summed E-state index contributed by atoms with van der Waals surface area (Å²) >= 11 is 7.41. The van der Waals surface area contributed by atoms with E-state index >= 15 is 0 Å². The van der Waals surface area contributed by atoms with Crippen LogP contribution in [0.3, 0.4) is 0 Å². The highest BCUT2D eigenvalue weighted by molar-refractivity contribution is 8.00. The van der Waals surface area contributed by atoms with E-state index in [-0.39, 0.29) is 55.8 Å². The van der Waals surface area contributed by atoms with Gasteiger partial charge in [-0.1, -0.05) is 6.42 Å². The van der Waals surface area contributed by atoms with Gasteiger partial charge in [-0.25, -0.2) is 4.79 Å². The van der Waals surface area contributed by atoms with Crippen molar-refractivity contribution in [3.8, 4) is 0 Å². The molecule has 0 radical (unpaired) electrons. The number of urea groups is 1. The summed E-state index contributed by atoms with van der Waals surface area (Å²) in [4.78, 5) is 57.4. The molecule has 2 fully saturated rings. The molecule has 2 saturated heterocycles. The van der Waals surface area contributed by atoms with Crippen LogP contribution in [0.25, 0.3) is 0 Å². The molecule has 2 aliphatic heterocycles. The maximum atomic E-state index is 11.9. The van der Waals surface area contributed by atoms with Crippen LogP contribution in [0.5, 0.6) is 0 Å². The molecule has 13 heteroatoms. The first-order chi connectivity index (χ1) is 14.8.